The van der Waals surface area contributed by atoms with Gasteiger partial charge in [0.15, 0.2) is 0 Å². The Morgan fingerprint density at radius 3 is 1.17 bits per heavy atom. The lowest BCUT2D eigenvalue weighted by Gasteiger charge is -2.05. The maximum absolute atomic E-state index is 11.2. The van der Waals surface area contributed by atoms with Crippen molar-refractivity contribution in [3.05, 3.63) is 12.2 Å². The smallest absolute Gasteiger partial charge is 0.333 e. The van der Waals surface area contributed by atoms with Gasteiger partial charge in [0, 0.05) is 18.8 Å². The van der Waals surface area contributed by atoms with E-state index in [1.54, 1.807) is 6.92 Å². The van der Waals surface area contributed by atoms with Gasteiger partial charge in [0.1, 0.15) is 0 Å². The molecule has 3 heteroatoms. The Labute approximate surface area is 188 Å². The van der Waals surface area contributed by atoms with E-state index in [1.807, 2.05) is 0 Å². The first kappa shape index (κ1) is 29.2. The van der Waals surface area contributed by atoms with E-state index in [-0.39, 0.29) is 5.97 Å². The number of rotatable bonds is 24. The number of carbonyl (C=O) groups excluding carboxylic acids is 1. The van der Waals surface area contributed by atoms with Crippen LogP contribution in [0.4, 0.5) is 0 Å². The van der Waals surface area contributed by atoms with E-state index in [1.165, 1.54) is 109 Å². The van der Waals surface area contributed by atoms with Crippen molar-refractivity contribution in [1.82, 2.24) is 0 Å². The Balaban J connectivity index is 3.05. The fourth-order valence-electron chi connectivity index (χ4n) is 3.74. The monoisotopic (exact) mass is 424 g/mol. The highest BCUT2D eigenvalue weighted by Gasteiger charge is 2.01. The van der Waals surface area contributed by atoms with E-state index in [0.717, 1.165) is 26.1 Å². The molecule has 0 unspecified atom stereocenters. The molecule has 0 radical (unpaired) electrons. The van der Waals surface area contributed by atoms with Crippen LogP contribution in [0.2, 0.25) is 0 Å². The lowest BCUT2D eigenvalue weighted by atomic mass is 10.0. The summed E-state index contributed by atoms with van der Waals surface area (Å²) in [5, 5.41) is 0. The third-order valence-electron chi connectivity index (χ3n) is 5.72. The summed E-state index contributed by atoms with van der Waals surface area (Å²) in [5.41, 5.74) is 0.491. The molecule has 0 N–H and O–H groups in total. The lowest BCUT2D eigenvalue weighted by Crippen LogP contribution is -2.05. The molecule has 0 aliphatic carbocycles. The van der Waals surface area contributed by atoms with Gasteiger partial charge >= 0.3 is 5.97 Å². The molecular weight excluding hydrogens is 372 g/mol. The van der Waals surface area contributed by atoms with Crippen molar-refractivity contribution in [3.8, 4) is 0 Å². The number of hydrogen-bond acceptors (Lipinski definition) is 3. The van der Waals surface area contributed by atoms with Crippen LogP contribution in [0.15, 0.2) is 12.2 Å². The Hall–Kier alpha value is -0.830. The van der Waals surface area contributed by atoms with E-state index < -0.39 is 0 Å². The largest absolute Gasteiger partial charge is 0.462 e. The van der Waals surface area contributed by atoms with Crippen molar-refractivity contribution in [2.75, 3.05) is 19.8 Å². The van der Waals surface area contributed by atoms with Gasteiger partial charge in [0.2, 0.25) is 0 Å². The molecule has 0 aliphatic heterocycles. The fourth-order valence-corrected chi connectivity index (χ4v) is 3.74. The molecule has 0 aromatic heterocycles. The number of esters is 1. The summed E-state index contributed by atoms with van der Waals surface area (Å²) < 4.78 is 10.5. The lowest BCUT2D eigenvalue weighted by molar-refractivity contribution is -0.139. The zero-order valence-electron chi connectivity index (χ0n) is 20.5. The minimum absolute atomic E-state index is 0.255. The second-order valence-corrected chi connectivity index (χ2v) is 8.83. The summed E-state index contributed by atoms with van der Waals surface area (Å²) in [7, 11) is 0. The van der Waals surface area contributed by atoms with Crippen LogP contribution in [0.1, 0.15) is 136 Å². The van der Waals surface area contributed by atoms with Crippen molar-refractivity contribution in [2.24, 2.45) is 0 Å². The van der Waals surface area contributed by atoms with E-state index in [4.69, 9.17) is 9.47 Å². The number of ether oxygens (including phenoxy) is 2. The van der Waals surface area contributed by atoms with Gasteiger partial charge in [0.05, 0.1) is 6.61 Å². The van der Waals surface area contributed by atoms with Crippen LogP contribution in [0, 0.1) is 0 Å². The van der Waals surface area contributed by atoms with Gasteiger partial charge in [-0.1, -0.05) is 116 Å². The first-order valence-corrected chi connectivity index (χ1v) is 13.1. The molecule has 0 aromatic rings. The minimum Gasteiger partial charge on any atom is -0.462 e. The van der Waals surface area contributed by atoms with Gasteiger partial charge in [-0.3, -0.25) is 0 Å². The summed E-state index contributed by atoms with van der Waals surface area (Å²) >= 11 is 0. The van der Waals surface area contributed by atoms with Crippen molar-refractivity contribution >= 4 is 5.97 Å². The molecule has 0 spiro atoms. The number of carbonyl (C=O) groups is 1. The molecule has 30 heavy (non-hydrogen) atoms. The van der Waals surface area contributed by atoms with Crippen LogP contribution >= 0.6 is 0 Å². The molecule has 0 saturated heterocycles. The molecule has 3 nitrogen and oxygen atoms in total. The minimum atomic E-state index is -0.255. The van der Waals surface area contributed by atoms with Crippen LogP contribution < -0.4 is 0 Å². The van der Waals surface area contributed by atoms with Crippen LogP contribution in [0.25, 0.3) is 0 Å². The van der Waals surface area contributed by atoms with E-state index in [2.05, 4.69) is 13.5 Å². The number of unbranched alkanes of at least 4 members (excludes halogenated alkanes) is 18. The summed E-state index contributed by atoms with van der Waals surface area (Å²) in [4.78, 5) is 11.2. The summed E-state index contributed by atoms with van der Waals surface area (Å²) in [5.74, 6) is -0.255. The molecule has 0 aromatic carbocycles. The first-order chi connectivity index (χ1) is 14.7. The second-order valence-electron chi connectivity index (χ2n) is 8.83. The van der Waals surface area contributed by atoms with Crippen molar-refractivity contribution in [3.63, 3.8) is 0 Å². The number of hydrogen-bond donors (Lipinski definition) is 0. The van der Waals surface area contributed by atoms with Crippen molar-refractivity contribution in [2.45, 2.75) is 136 Å². The summed E-state index contributed by atoms with van der Waals surface area (Å²) in [6.45, 7) is 9.70. The molecular formula is C27H52O3. The van der Waals surface area contributed by atoms with Gasteiger partial charge in [-0.25, -0.2) is 4.79 Å². The van der Waals surface area contributed by atoms with E-state index in [9.17, 15) is 4.79 Å². The van der Waals surface area contributed by atoms with Crippen molar-refractivity contribution < 1.29 is 14.3 Å². The molecule has 0 fully saturated rings. The molecule has 0 heterocycles. The standard InChI is InChI=1S/C27H52O3/c1-4-29-24-22-20-18-16-14-12-10-8-6-5-7-9-11-13-15-17-19-21-23-25-30-27(28)26(2)3/h2,4-25H2,1,3H3. The Kier molecular flexibility index (Phi) is 23.8. The quantitative estimate of drug-likeness (QED) is 0.0884. The Bertz CT molecular complexity index is 378. The molecule has 0 atom stereocenters. The highest BCUT2D eigenvalue weighted by atomic mass is 16.5. The van der Waals surface area contributed by atoms with Gasteiger partial charge < -0.3 is 9.47 Å². The van der Waals surface area contributed by atoms with Crippen LogP contribution in [-0.2, 0) is 14.3 Å². The zero-order valence-corrected chi connectivity index (χ0v) is 20.5. The zero-order chi connectivity index (χ0) is 22.1. The summed E-state index contributed by atoms with van der Waals surface area (Å²) in [6, 6.07) is 0. The van der Waals surface area contributed by atoms with Gasteiger partial charge in [0.25, 0.3) is 0 Å². The van der Waals surface area contributed by atoms with Crippen molar-refractivity contribution in [1.29, 1.82) is 0 Å². The van der Waals surface area contributed by atoms with Crippen LogP contribution in [0.5, 0.6) is 0 Å². The second kappa shape index (κ2) is 24.4. The van der Waals surface area contributed by atoms with Gasteiger partial charge in [-0.2, -0.15) is 0 Å². The molecule has 0 bridgehead atoms. The average molecular weight is 425 g/mol. The summed E-state index contributed by atoms with van der Waals surface area (Å²) in [6.07, 6.45) is 25.7. The predicted molar refractivity (Wildman–Crippen MR) is 130 cm³/mol. The highest BCUT2D eigenvalue weighted by molar-refractivity contribution is 5.86. The Morgan fingerprint density at radius 2 is 0.867 bits per heavy atom. The van der Waals surface area contributed by atoms with Crippen LogP contribution in [-0.4, -0.2) is 25.8 Å². The molecule has 178 valence electrons. The predicted octanol–water partition coefficient (Wildman–Crippen LogP) is 8.55. The molecule has 0 rings (SSSR count). The maximum Gasteiger partial charge on any atom is 0.333 e. The SMILES string of the molecule is C=C(C)C(=O)OCCCCCCCCCCCCCCCCCCCCCOCC. The first-order valence-electron chi connectivity index (χ1n) is 13.1. The van der Waals surface area contributed by atoms with Gasteiger partial charge in [-0.05, 0) is 26.7 Å². The third-order valence-corrected chi connectivity index (χ3v) is 5.72. The fraction of sp³-hybridized carbons (Fsp3) is 0.889. The topological polar surface area (TPSA) is 35.5 Å². The Morgan fingerprint density at radius 1 is 0.567 bits per heavy atom. The van der Waals surface area contributed by atoms with Crippen LogP contribution in [0.3, 0.4) is 0 Å². The highest BCUT2D eigenvalue weighted by Crippen LogP contribution is 2.14. The normalized spacial score (nSPS) is 11.0. The van der Waals surface area contributed by atoms with E-state index >= 15 is 0 Å². The van der Waals surface area contributed by atoms with E-state index in [0.29, 0.717) is 12.2 Å². The molecule has 0 amide bonds. The maximum atomic E-state index is 11.2. The third kappa shape index (κ3) is 23.4. The van der Waals surface area contributed by atoms with Gasteiger partial charge in [-0.15, -0.1) is 0 Å². The average Bonchev–Trinajstić information content (AvgIpc) is 2.74. The molecule has 0 saturated carbocycles. The molecule has 0 aliphatic rings.